The number of amides is 1. The van der Waals surface area contributed by atoms with Crippen molar-refractivity contribution in [2.75, 3.05) is 6.61 Å². The van der Waals surface area contributed by atoms with Crippen LogP contribution in [0.4, 0.5) is 0 Å². The minimum absolute atomic E-state index is 0.0951. The molecule has 0 fully saturated rings. The van der Waals surface area contributed by atoms with Gasteiger partial charge in [-0.05, 0) is 38.1 Å². The molecule has 0 radical (unpaired) electrons. The number of benzene rings is 1. The molecule has 2 rings (SSSR count). The first kappa shape index (κ1) is 18.9. The Morgan fingerprint density at radius 3 is 2.92 bits per heavy atom. The highest BCUT2D eigenvalue weighted by Crippen LogP contribution is 2.32. The summed E-state index contributed by atoms with van der Waals surface area (Å²) < 4.78 is 5.45. The van der Waals surface area contributed by atoms with E-state index in [1.165, 1.54) is 11.8 Å². The largest absolute Gasteiger partial charge is 0.478 e. The lowest BCUT2D eigenvalue weighted by Gasteiger charge is -2.14. The van der Waals surface area contributed by atoms with E-state index in [1.54, 1.807) is 24.4 Å². The number of nitrogens with one attached hydrogen (secondary N) is 1. The molecule has 1 unspecified atom stereocenters. The molecule has 24 heavy (non-hydrogen) atoms. The van der Waals surface area contributed by atoms with Crippen LogP contribution in [0.1, 0.15) is 19.4 Å². The van der Waals surface area contributed by atoms with Gasteiger partial charge in [0.05, 0.1) is 16.9 Å². The Labute approximate surface area is 155 Å². The molecule has 0 spiro atoms. The third-order valence-electron chi connectivity index (χ3n) is 3.15. The van der Waals surface area contributed by atoms with E-state index in [1.807, 2.05) is 26.0 Å². The summed E-state index contributed by atoms with van der Waals surface area (Å²) in [7, 11) is 0. The van der Waals surface area contributed by atoms with E-state index in [4.69, 9.17) is 27.9 Å². The van der Waals surface area contributed by atoms with Crippen molar-refractivity contribution in [2.24, 2.45) is 0 Å². The minimum atomic E-state index is -0.312. The maximum absolute atomic E-state index is 12.3. The fourth-order valence-corrected chi connectivity index (χ4v) is 3.40. The first-order chi connectivity index (χ1) is 11.5. The Bertz CT molecular complexity index is 713. The quantitative estimate of drug-likeness (QED) is 0.709. The summed E-state index contributed by atoms with van der Waals surface area (Å²) in [6.07, 6.45) is 1.66. The van der Waals surface area contributed by atoms with Crippen molar-refractivity contribution in [2.45, 2.75) is 30.5 Å². The second-order valence-corrected chi connectivity index (χ2v) is 7.18. The predicted octanol–water partition coefficient (Wildman–Crippen LogP) is 4.58. The number of carbonyl (C=O) groups excluding carboxylic acids is 1. The highest BCUT2D eigenvalue weighted by atomic mass is 35.5. The van der Waals surface area contributed by atoms with Crippen molar-refractivity contribution in [1.29, 1.82) is 0 Å². The predicted molar refractivity (Wildman–Crippen MR) is 99.0 cm³/mol. The molecule has 0 saturated heterocycles. The van der Waals surface area contributed by atoms with E-state index in [-0.39, 0.29) is 11.2 Å². The van der Waals surface area contributed by atoms with Gasteiger partial charge in [0.15, 0.2) is 0 Å². The standard InChI is InChI=1S/C17H18Cl2N2O2S/c1-3-23-17-12(5-4-8-20-17)10-21-16(22)11(2)24-15-9-13(18)6-7-14(15)19/h4-9,11H,3,10H2,1-2H3,(H,21,22). The number of pyridine rings is 1. The van der Waals surface area contributed by atoms with Crippen LogP contribution in [0.3, 0.4) is 0 Å². The van der Waals surface area contributed by atoms with Gasteiger partial charge >= 0.3 is 0 Å². The Morgan fingerprint density at radius 2 is 2.17 bits per heavy atom. The van der Waals surface area contributed by atoms with Crippen LogP contribution in [-0.2, 0) is 11.3 Å². The van der Waals surface area contributed by atoms with Crippen LogP contribution in [0.2, 0.25) is 10.0 Å². The van der Waals surface area contributed by atoms with Gasteiger partial charge in [-0.25, -0.2) is 4.98 Å². The number of nitrogens with zero attached hydrogens (tertiary/aromatic N) is 1. The molecule has 0 aliphatic carbocycles. The maximum Gasteiger partial charge on any atom is 0.233 e. The summed E-state index contributed by atoms with van der Waals surface area (Å²) in [6.45, 7) is 4.60. The van der Waals surface area contributed by atoms with Crippen molar-refractivity contribution in [1.82, 2.24) is 10.3 Å². The molecule has 2 aromatic rings. The Kier molecular flexibility index (Phi) is 7.21. The van der Waals surface area contributed by atoms with Gasteiger partial charge in [-0.3, -0.25) is 4.79 Å². The van der Waals surface area contributed by atoms with E-state index >= 15 is 0 Å². The molecule has 1 amide bonds. The second-order valence-electron chi connectivity index (χ2n) is 4.95. The molecule has 7 heteroatoms. The van der Waals surface area contributed by atoms with E-state index < -0.39 is 0 Å². The summed E-state index contributed by atoms with van der Waals surface area (Å²) in [4.78, 5) is 17.3. The zero-order chi connectivity index (χ0) is 17.5. The van der Waals surface area contributed by atoms with Crippen molar-refractivity contribution >= 4 is 40.9 Å². The van der Waals surface area contributed by atoms with Gasteiger partial charge in [0.25, 0.3) is 0 Å². The number of thioether (sulfide) groups is 1. The molecule has 0 aliphatic heterocycles. The number of ether oxygens (including phenoxy) is 1. The zero-order valence-corrected chi connectivity index (χ0v) is 15.7. The van der Waals surface area contributed by atoms with Crippen molar-refractivity contribution in [3.8, 4) is 5.88 Å². The third-order valence-corrected chi connectivity index (χ3v) is 4.99. The zero-order valence-electron chi connectivity index (χ0n) is 13.4. The number of rotatable bonds is 7. The third kappa shape index (κ3) is 5.30. The molecule has 4 nitrogen and oxygen atoms in total. The summed E-state index contributed by atoms with van der Waals surface area (Å²) in [5, 5.41) is 3.75. The minimum Gasteiger partial charge on any atom is -0.478 e. The van der Waals surface area contributed by atoms with Gasteiger partial charge in [0, 0.05) is 28.2 Å². The average Bonchev–Trinajstić information content (AvgIpc) is 2.57. The van der Waals surface area contributed by atoms with Crippen LogP contribution in [-0.4, -0.2) is 22.7 Å². The molecule has 0 bridgehead atoms. The summed E-state index contributed by atoms with van der Waals surface area (Å²) in [5.41, 5.74) is 0.839. The van der Waals surface area contributed by atoms with Gasteiger partial charge in [0.2, 0.25) is 11.8 Å². The number of halogens is 2. The second kappa shape index (κ2) is 9.16. The van der Waals surface area contributed by atoms with E-state index in [2.05, 4.69) is 10.3 Å². The summed E-state index contributed by atoms with van der Waals surface area (Å²) in [5.74, 6) is 0.445. The van der Waals surface area contributed by atoms with Crippen LogP contribution < -0.4 is 10.1 Å². The molecule has 128 valence electrons. The van der Waals surface area contributed by atoms with Crippen molar-refractivity contribution < 1.29 is 9.53 Å². The molecule has 1 aromatic heterocycles. The number of carbonyl (C=O) groups is 1. The van der Waals surface area contributed by atoms with E-state index in [0.29, 0.717) is 29.1 Å². The molecule has 1 atom stereocenters. The molecule has 0 saturated carbocycles. The normalized spacial score (nSPS) is 11.8. The van der Waals surface area contributed by atoms with Gasteiger partial charge < -0.3 is 10.1 Å². The first-order valence-corrected chi connectivity index (χ1v) is 9.11. The lowest BCUT2D eigenvalue weighted by atomic mass is 10.2. The van der Waals surface area contributed by atoms with Crippen molar-refractivity contribution in [3.05, 3.63) is 52.1 Å². The summed E-state index contributed by atoms with van der Waals surface area (Å²) in [6, 6.07) is 8.89. The number of hydrogen-bond donors (Lipinski definition) is 1. The fraction of sp³-hybridized carbons (Fsp3) is 0.294. The number of aromatic nitrogens is 1. The van der Waals surface area contributed by atoms with Crippen molar-refractivity contribution in [3.63, 3.8) is 0 Å². The fourth-order valence-electron chi connectivity index (χ4n) is 1.96. The topological polar surface area (TPSA) is 51.2 Å². The van der Waals surface area contributed by atoms with Crippen LogP contribution in [0.15, 0.2) is 41.4 Å². The molecule has 1 heterocycles. The maximum atomic E-state index is 12.3. The highest BCUT2D eigenvalue weighted by Gasteiger charge is 2.16. The Hall–Kier alpha value is -1.43. The lowest BCUT2D eigenvalue weighted by molar-refractivity contribution is -0.120. The van der Waals surface area contributed by atoms with Crippen LogP contribution in [0.5, 0.6) is 5.88 Å². The average molecular weight is 385 g/mol. The Balaban J connectivity index is 1.96. The molecular weight excluding hydrogens is 367 g/mol. The smallest absolute Gasteiger partial charge is 0.233 e. The first-order valence-electron chi connectivity index (χ1n) is 7.47. The highest BCUT2D eigenvalue weighted by molar-refractivity contribution is 8.00. The van der Waals surface area contributed by atoms with Crippen LogP contribution in [0, 0.1) is 0 Å². The number of hydrogen-bond acceptors (Lipinski definition) is 4. The molecule has 0 aliphatic rings. The molecule has 1 N–H and O–H groups in total. The van der Waals surface area contributed by atoms with Gasteiger partial charge in [-0.15, -0.1) is 11.8 Å². The Morgan fingerprint density at radius 1 is 1.38 bits per heavy atom. The van der Waals surface area contributed by atoms with E-state index in [0.717, 1.165) is 10.5 Å². The molecule has 1 aromatic carbocycles. The van der Waals surface area contributed by atoms with Gasteiger partial charge in [-0.2, -0.15) is 0 Å². The SMILES string of the molecule is CCOc1ncccc1CNC(=O)C(C)Sc1cc(Cl)ccc1Cl. The van der Waals surface area contributed by atoms with Gasteiger partial charge in [0.1, 0.15) is 0 Å². The van der Waals surface area contributed by atoms with Crippen LogP contribution in [0.25, 0.3) is 0 Å². The van der Waals surface area contributed by atoms with E-state index in [9.17, 15) is 4.79 Å². The monoisotopic (exact) mass is 384 g/mol. The summed E-state index contributed by atoms with van der Waals surface area (Å²) >= 11 is 13.5. The van der Waals surface area contributed by atoms with Gasteiger partial charge in [-0.1, -0.05) is 29.3 Å². The molecular formula is C17H18Cl2N2O2S. The van der Waals surface area contributed by atoms with Crippen LogP contribution >= 0.6 is 35.0 Å². The lowest BCUT2D eigenvalue weighted by Crippen LogP contribution is -2.30.